The number of ketones is 1. The fourth-order valence-electron chi connectivity index (χ4n) is 2.48. The summed E-state index contributed by atoms with van der Waals surface area (Å²) in [6.45, 7) is 8.23. The van der Waals surface area contributed by atoms with Gasteiger partial charge in [-0.05, 0) is 62.1 Å². The van der Waals surface area contributed by atoms with Crippen molar-refractivity contribution in [2.75, 3.05) is 5.75 Å². The zero-order chi connectivity index (χ0) is 19.4. The highest BCUT2D eigenvalue weighted by Crippen LogP contribution is 2.22. The van der Waals surface area contributed by atoms with E-state index >= 15 is 0 Å². The Bertz CT molecular complexity index is 966. The first-order chi connectivity index (χ1) is 12.9. The molecule has 27 heavy (non-hydrogen) atoms. The van der Waals surface area contributed by atoms with Crippen LogP contribution in [0.5, 0.6) is 5.75 Å². The summed E-state index contributed by atoms with van der Waals surface area (Å²) in [7, 11) is 0. The van der Waals surface area contributed by atoms with Crippen molar-refractivity contribution in [3.05, 3.63) is 70.1 Å². The number of carbonyl (C=O) groups is 1. The average Bonchev–Trinajstić information content (AvgIpc) is 3.10. The van der Waals surface area contributed by atoms with Crippen molar-refractivity contribution >= 4 is 17.5 Å². The maximum atomic E-state index is 12.3. The van der Waals surface area contributed by atoms with Gasteiger partial charge in [-0.1, -0.05) is 36.0 Å². The first-order valence-corrected chi connectivity index (χ1v) is 9.66. The summed E-state index contributed by atoms with van der Waals surface area (Å²) in [6, 6.07) is 11.7. The van der Waals surface area contributed by atoms with Crippen molar-refractivity contribution in [2.45, 2.75) is 39.5 Å². The molecule has 0 amide bonds. The molecule has 0 aliphatic rings. The number of hydrogen-bond donors (Lipinski definition) is 0. The zero-order valence-corrected chi connectivity index (χ0v) is 16.7. The fourth-order valence-corrected chi connectivity index (χ4v) is 3.16. The van der Waals surface area contributed by atoms with Gasteiger partial charge in [0.2, 0.25) is 0 Å². The number of aryl methyl sites for hydroxylation is 4. The summed E-state index contributed by atoms with van der Waals surface area (Å²) in [5.41, 5.74) is 5.15. The lowest BCUT2D eigenvalue weighted by Crippen LogP contribution is -2.03. The Kier molecular flexibility index (Phi) is 5.96. The average molecular weight is 382 g/mol. The van der Waals surface area contributed by atoms with Crippen molar-refractivity contribution in [1.29, 1.82) is 0 Å². The second-order valence-electron chi connectivity index (χ2n) is 6.53. The van der Waals surface area contributed by atoms with Gasteiger partial charge in [0, 0.05) is 5.56 Å². The molecule has 0 unspecified atom stereocenters. The number of nitrogens with zero attached hydrogens (tertiary/aromatic N) is 2. The van der Waals surface area contributed by atoms with E-state index in [1.165, 1.54) is 17.3 Å². The first-order valence-electron chi connectivity index (χ1n) is 8.68. The molecular formula is C21H22N2O3S. The minimum atomic E-state index is 0.0366. The largest absolute Gasteiger partial charge is 0.484 e. The zero-order valence-electron chi connectivity index (χ0n) is 15.9. The van der Waals surface area contributed by atoms with Crippen molar-refractivity contribution < 1.29 is 13.9 Å². The molecule has 140 valence electrons. The Morgan fingerprint density at radius 1 is 1.00 bits per heavy atom. The van der Waals surface area contributed by atoms with Crippen LogP contribution in [0.4, 0.5) is 0 Å². The quantitative estimate of drug-likeness (QED) is 0.430. The van der Waals surface area contributed by atoms with Crippen LogP contribution in [-0.4, -0.2) is 21.7 Å². The van der Waals surface area contributed by atoms with Gasteiger partial charge in [-0.25, -0.2) is 0 Å². The molecule has 0 radical (unpaired) electrons. The van der Waals surface area contributed by atoms with E-state index < -0.39 is 0 Å². The van der Waals surface area contributed by atoms with E-state index in [9.17, 15) is 4.79 Å². The van der Waals surface area contributed by atoms with E-state index in [4.69, 9.17) is 9.15 Å². The SMILES string of the molecule is Cc1ccc(C)c(OCc2nnc(SCC(=O)c3ccc(C)c(C)c3)o2)c1. The third kappa shape index (κ3) is 4.98. The smallest absolute Gasteiger partial charge is 0.277 e. The summed E-state index contributed by atoms with van der Waals surface area (Å²) < 4.78 is 11.3. The highest BCUT2D eigenvalue weighted by Gasteiger charge is 2.12. The molecule has 0 atom stereocenters. The molecule has 2 aromatic carbocycles. The molecule has 3 aromatic rings. The maximum Gasteiger partial charge on any atom is 0.277 e. The van der Waals surface area contributed by atoms with Crippen LogP contribution in [0.1, 0.15) is 38.5 Å². The number of Topliss-reactive ketones (excluding diaryl/α,β-unsaturated/α-hetero) is 1. The summed E-state index contributed by atoms with van der Waals surface area (Å²) in [5.74, 6) is 1.47. The third-order valence-corrected chi connectivity index (χ3v) is 5.12. The van der Waals surface area contributed by atoms with Crippen LogP contribution in [-0.2, 0) is 6.61 Å². The summed E-state index contributed by atoms with van der Waals surface area (Å²) >= 11 is 1.24. The second kappa shape index (κ2) is 8.39. The second-order valence-corrected chi connectivity index (χ2v) is 7.46. The van der Waals surface area contributed by atoms with Crippen LogP contribution < -0.4 is 4.74 Å². The number of rotatable bonds is 7. The van der Waals surface area contributed by atoms with Gasteiger partial charge < -0.3 is 9.15 Å². The van der Waals surface area contributed by atoms with Crippen molar-refractivity contribution in [3.8, 4) is 5.75 Å². The Labute approximate surface area is 163 Å². The summed E-state index contributed by atoms with van der Waals surface area (Å²) in [4.78, 5) is 12.3. The van der Waals surface area contributed by atoms with Gasteiger partial charge in [0.1, 0.15) is 5.75 Å². The molecule has 3 rings (SSSR count). The number of carbonyl (C=O) groups excluding carboxylic acids is 1. The molecule has 0 aliphatic carbocycles. The van der Waals surface area contributed by atoms with E-state index in [-0.39, 0.29) is 18.1 Å². The Hall–Kier alpha value is -2.60. The van der Waals surface area contributed by atoms with Crippen LogP contribution in [0.3, 0.4) is 0 Å². The van der Waals surface area contributed by atoms with Crippen LogP contribution in [0.2, 0.25) is 0 Å². The molecular weight excluding hydrogens is 360 g/mol. The predicted octanol–water partition coefficient (Wildman–Crippen LogP) is 4.86. The maximum absolute atomic E-state index is 12.3. The monoisotopic (exact) mass is 382 g/mol. The normalized spacial score (nSPS) is 10.8. The Balaban J connectivity index is 1.55. The number of ether oxygens (including phenoxy) is 1. The van der Waals surface area contributed by atoms with E-state index in [2.05, 4.69) is 10.2 Å². The van der Waals surface area contributed by atoms with E-state index in [0.717, 1.165) is 22.4 Å². The molecule has 5 nitrogen and oxygen atoms in total. The number of benzene rings is 2. The van der Waals surface area contributed by atoms with Gasteiger partial charge in [-0.2, -0.15) is 0 Å². The molecule has 0 fully saturated rings. The molecule has 0 bridgehead atoms. The lowest BCUT2D eigenvalue weighted by atomic mass is 10.0. The summed E-state index contributed by atoms with van der Waals surface area (Å²) in [6.07, 6.45) is 0. The summed E-state index contributed by atoms with van der Waals surface area (Å²) in [5, 5.41) is 8.33. The van der Waals surface area contributed by atoms with Crippen LogP contribution in [0.25, 0.3) is 0 Å². The molecule has 0 saturated heterocycles. The van der Waals surface area contributed by atoms with Gasteiger partial charge in [-0.3, -0.25) is 4.79 Å². The van der Waals surface area contributed by atoms with Gasteiger partial charge in [0.25, 0.3) is 11.1 Å². The molecule has 1 aromatic heterocycles. The highest BCUT2D eigenvalue weighted by molar-refractivity contribution is 7.99. The van der Waals surface area contributed by atoms with Gasteiger partial charge >= 0.3 is 0 Å². The standard InChI is InChI=1S/C21H22N2O3S/c1-13-5-6-15(3)19(9-13)25-11-20-22-23-21(26-20)27-12-18(24)17-8-7-14(2)16(4)10-17/h5-10H,11-12H2,1-4H3. The minimum Gasteiger partial charge on any atom is -0.484 e. The first kappa shape index (κ1) is 19.2. The molecule has 0 saturated carbocycles. The van der Waals surface area contributed by atoms with E-state index in [1.807, 2.05) is 64.1 Å². The fraction of sp³-hybridized carbons (Fsp3) is 0.286. The van der Waals surface area contributed by atoms with Crippen molar-refractivity contribution in [1.82, 2.24) is 10.2 Å². The van der Waals surface area contributed by atoms with Crippen LogP contribution in [0.15, 0.2) is 46.0 Å². The third-order valence-electron chi connectivity index (χ3n) is 4.30. The molecule has 0 spiro atoms. The Morgan fingerprint density at radius 3 is 2.56 bits per heavy atom. The number of hydrogen-bond acceptors (Lipinski definition) is 6. The lowest BCUT2D eigenvalue weighted by molar-refractivity contribution is 0.102. The van der Waals surface area contributed by atoms with E-state index in [1.54, 1.807) is 0 Å². The molecule has 1 heterocycles. The number of thioether (sulfide) groups is 1. The van der Waals surface area contributed by atoms with Gasteiger partial charge in [0.15, 0.2) is 12.4 Å². The minimum absolute atomic E-state index is 0.0366. The van der Waals surface area contributed by atoms with Crippen LogP contribution in [0, 0.1) is 27.7 Å². The Morgan fingerprint density at radius 2 is 1.78 bits per heavy atom. The molecule has 0 N–H and O–H groups in total. The molecule has 6 heteroatoms. The van der Waals surface area contributed by atoms with Gasteiger partial charge in [0.05, 0.1) is 5.75 Å². The van der Waals surface area contributed by atoms with Crippen molar-refractivity contribution in [3.63, 3.8) is 0 Å². The van der Waals surface area contributed by atoms with Crippen LogP contribution >= 0.6 is 11.8 Å². The molecule has 0 aliphatic heterocycles. The predicted molar refractivity (Wildman–Crippen MR) is 106 cm³/mol. The number of aromatic nitrogens is 2. The topological polar surface area (TPSA) is 65.2 Å². The van der Waals surface area contributed by atoms with E-state index in [0.29, 0.717) is 16.7 Å². The highest BCUT2D eigenvalue weighted by atomic mass is 32.2. The lowest BCUT2D eigenvalue weighted by Gasteiger charge is -2.07. The van der Waals surface area contributed by atoms with Crippen molar-refractivity contribution in [2.24, 2.45) is 0 Å². The van der Waals surface area contributed by atoms with Gasteiger partial charge in [-0.15, -0.1) is 10.2 Å².